The van der Waals surface area contributed by atoms with Crippen molar-refractivity contribution in [1.82, 2.24) is 14.5 Å². The molecule has 9 heteroatoms. The number of hydrogen-bond donors (Lipinski definition) is 2. The molecule has 0 amide bonds. The monoisotopic (exact) mass is 469 g/mol. The Labute approximate surface area is 192 Å². The first-order valence-electron chi connectivity index (χ1n) is 10.8. The van der Waals surface area contributed by atoms with Gasteiger partial charge in [0.05, 0.1) is 11.1 Å². The smallest absolute Gasteiger partial charge is 0.322 e. The molecule has 33 heavy (non-hydrogen) atoms. The number of carbonyl (C=O) groups is 1. The predicted molar refractivity (Wildman–Crippen MR) is 126 cm³/mol. The van der Waals surface area contributed by atoms with Crippen molar-refractivity contribution in [3.8, 4) is 11.1 Å². The van der Waals surface area contributed by atoms with Crippen LogP contribution in [0.2, 0.25) is 0 Å². The quantitative estimate of drug-likeness (QED) is 0.393. The SMILES string of the molecule is CC(C)Cn1cc(-c2ccc3c(c2)oc2ccc(S(=O)(=O)N[C@@H](C(=O)O)C(C)C)cc23)cn1. The van der Waals surface area contributed by atoms with E-state index >= 15 is 0 Å². The van der Waals surface area contributed by atoms with E-state index in [1.165, 1.54) is 12.1 Å². The van der Waals surface area contributed by atoms with E-state index in [0.29, 0.717) is 22.5 Å². The van der Waals surface area contributed by atoms with E-state index in [4.69, 9.17) is 4.42 Å². The van der Waals surface area contributed by atoms with Crippen molar-refractivity contribution in [2.24, 2.45) is 11.8 Å². The van der Waals surface area contributed by atoms with Crippen molar-refractivity contribution in [3.05, 3.63) is 48.8 Å². The molecule has 4 aromatic rings. The minimum Gasteiger partial charge on any atom is -0.480 e. The molecular weight excluding hydrogens is 442 g/mol. The first kappa shape index (κ1) is 23.0. The second kappa shape index (κ2) is 8.64. The Morgan fingerprint density at radius 2 is 1.82 bits per heavy atom. The van der Waals surface area contributed by atoms with Crippen LogP contribution in [0.4, 0.5) is 0 Å². The summed E-state index contributed by atoms with van der Waals surface area (Å²) < 4.78 is 35.9. The molecule has 0 radical (unpaired) electrons. The van der Waals surface area contributed by atoms with Crippen molar-refractivity contribution in [3.63, 3.8) is 0 Å². The Bertz CT molecular complexity index is 1430. The van der Waals surface area contributed by atoms with Gasteiger partial charge in [-0.15, -0.1) is 0 Å². The number of nitrogens with zero attached hydrogens (tertiary/aromatic N) is 2. The summed E-state index contributed by atoms with van der Waals surface area (Å²) in [7, 11) is -4.03. The zero-order valence-corrected chi connectivity index (χ0v) is 19.8. The average Bonchev–Trinajstić information content (AvgIpc) is 3.34. The van der Waals surface area contributed by atoms with Crippen LogP contribution in [0.1, 0.15) is 27.7 Å². The van der Waals surface area contributed by atoms with Crippen LogP contribution < -0.4 is 4.72 Å². The summed E-state index contributed by atoms with van der Waals surface area (Å²) in [5.74, 6) is -1.13. The van der Waals surface area contributed by atoms with Crippen LogP contribution in [0.15, 0.2) is 58.1 Å². The van der Waals surface area contributed by atoms with Crippen LogP contribution in [0, 0.1) is 11.8 Å². The maximum atomic E-state index is 12.9. The van der Waals surface area contributed by atoms with Crippen molar-refractivity contribution in [2.75, 3.05) is 0 Å². The van der Waals surface area contributed by atoms with Gasteiger partial charge in [0, 0.05) is 29.1 Å². The van der Waals surface area contributed by atoms with Crippen molar-refractivity contribution >= 4 is 37.9 Å². The highest BCUT2D eigenvalue weighted by Gasteiger charge is 2.28. The van der Waals surface area contributed by atoms with Gasteiger partial charge in [0.25, 0.3) is 0 Å². The Balaban J connectivity index is 1.70. The van der Waals surface area contributed by atoms with E-state index in [1.54, 1.807) is 19.9 Å². The summed E-state index contributed by atoms with van der Waals surface area (Å²) in [6.45, 7) is 8.40. The standard InChI is InChI=1S/C24H27N3O5S/c1-14(2)12-27-13-17(11-25-27)16-5-7-19-20-10-18(6-8-21(20)32-22(19)9-16)33(30,31)26-23(15(3)4)24(28)29/h5-11,13-15,23,26H,12H2,1-4H3,(H,28,29)/t23-/m1/s1. The number of fused-ring (bicyclic) bond motifs is 3. The van der Waals surface area contributed by atoms with Gasteiger partial charge >= 0.3 is 5.97 Å². The first-order valence-corrected chi connectivity index (χ1v) is 12.3. The summed E-state index contributed by atoms with van der Waals surface area (Å²) in [6.07, 6.45) is 3.81. The third kappa shape index (κ3) is 4.65. The van der Waals surface area contributed by atoms with Crippen LogP contribution in [0.25, 0.3) is 33.1 Å². The van der Waals surface area contributed by atoms with Gasteiger partial charge in [-0.3, -0.25) is 9.48 Å². The largest absolute Gasteiger partial charge is 0.480 e. The Morgan fingerprint density at radius 3 is 2.48 bits per heavy atom. The van der Waals surface area contributed by atoms with E-state index < -0.39 is 28.0 Å². The molecule has 2 heterocycles. The first-order chi connectivity index (χ1) is 15.5. The Kier molecular flexibility index (Phi) is 6.02. The maximum Gasteiger partial charge on any atom is 0.322 e. The molecule has 2 N–H and O–H groups in total. The Hall–Kier alpha value is -3.17. The molecule has 0 aliphatic heterocycles. The van der Waals surface area contributed by atoms with E-state index in [-0.39, 0.29) is 4.90 Å². The van der Waals surface area contributed by atoms with Crippen molar-refractivity contribution in [2.45, 2.75) is 45.2 Å². The number of aromatic nitrogens is 2. The number of carboxylic acids is 1. The zero-order chi connectivity index (χ0) is 23.9. The lowest BCUT2D eigenvalue weighted by Crippen LogP contribution is -2.44. The molecule has 0 spiro atoms. The minimum absolute atomic E-state index is 0.0105. The number of benzene rings is 2. The predicted octanol–water partition coefficient (Wildman–Crippen LogP) is 4.49. The Morgan fingerprint density at radius 1 is 1.06 bits per heavy atom. The number of sulfonamides is 1. The lowest BCUT2D eigenvalue weighted by atomic mass is 10.1. The van der Waals surface area contributed by atoms with E-state index in [0.717, 1.165) is 23.1 Å². The van der Waals surface area contributed by atoms with Crippen molar-refractivity contribution < 1.29 is 22.7 Å². The van der Waals surface area contributed by atoms with Gasteiger partial charge in [-0.25, -0.2) is 8.42 Å². The lowest BCUT2D eigenvalue weighted by molar-refractivity contribution is -0.140. The molecule has 0 aliphatic carbocycles. The normalized spacial score (nSPS) is 13.4. The lowest BCUT2D eigenvalue weighted by Gasteiger charge is -2.17. The number of aliphatic carboxylic acids is 1. The van der Waals surface area contributed by atoms with Gasteiger partial charge in [0.1, 0.15) is 17.2 Å². The molecular formula is C24H27N3O5S. The fourth-order valence-electron chi connectivity index (χ4n) is 3.80. The molecule has 0 saturated heterocycles. The van der Waals surface area contributed by atoms with Crippen LogP contribution in [-0.4, -0.2) is 35.3 Å². The molecule has 0 bridgehead atoms. The molecule has 0 aliphatic rings. The highest BCUT2D eigenvalue weighted by Crippen LogP contribution is 2.33. The molecule has 0 unspecified atom stereocenters. The second-order valence-electron chi connectivity index (χ2n) is 9.00. The highest BCUT2D eigenvalue weighted by molar-refractivity contribution is 7.89. The van der Waals surface area contributed by atoms with E-state index in [1.807, 2.05) is 35.3 Å². The molecule has 2 aromatic carbocycles. The van der Waals surface area contributed by atoms with Crippen molar-refractivity contribution in [1.29, 1.82) is 0 Å². The van der Waals surface area contributed by atoms with Gasteiger partial charge < -0.3 is 9.52 Å². The molecule has 174 valence electrons. The number of hydrogen-bond acceptors (Lipinski definition) is 5. The van der Waals surface area contributed by atoms with Crippen LogP contribution in [0.3, 0.4) is 0 Å². The topological polar surface area (TPSA) is 114 Å². The summed E-state index contributed by atoms with van der Waals surface area (Å²) in [6, 6.07) is 9.08. The number of carboxylic acid groups (broad SMARTS) is 1. The molecule has 2 aromatic heterocycles. The number of rotatable bonds is 8. The van der Waals surface area contributed by atoms with E-state index in [2.05, 4.69) is 23.7 Å². The summed E-state index contributed by atoms with van der Waals surface area (Å²) in [5.41, 5.74) is 3.11. The molecule has 0 fully saturated rings. The third-order valence-corrected chi connectivity index (χ3v) is 6.93. The summed E-state index contributed by atoms with van der Waals surface area (Å²) in [5, 5.41) is 15.2. The van der Waals surface area contributed by atoms with Gasteiger partial charge in [-0.1, -0.05) is 33.8 Å². The minimum atomic E-state index is -4.03. The molecule has 1 atom stereocenters. The highest BCUT2D eigenvalue weighted by atomic mass is 32.2. The van der Waals surface area contributed by atoms with Crippen LogP contribution in [0.5, 0.6) is 0 Å². The van der Waals surface area contributed by atoms with Crippen LogP contribution >= 0.6 is 0 Å². The molecule has 4 rings (SSSR count). The summed E-state index contributed by atoms with van der Waals surface area (Å²) in [4.78, 5) is 11.4. The van der Waals surface area contributed by atoms with Gasteiger partial charge in [0.15, 0.2) is 0 Å². The van der Waals surface area contributed by atoms with E-state index in [9.17, 15) is 18.3 Å². The zero-order valence-electron chi connectivity index (χ0n) is 18.9. The molecule has 8 nitrogen and oxygen atoms in total. The fraction of sp³-hybridized carbons (Fsp3) is 0.333. The molecule has 0 saturated carbocycles. The fourth-order valence-corrected chi connectivity index (χ4v) is 5.16. The van der Waals surface area contributed by atoms with Crippen LogP contribution in [-0.2, 0) is 21.4 Å². The van der Waals surface area contributed by atoms with Gasteiger partial charge in [-0.2, -0.15) is 9.82 Å². The maximum absolute atomic E-state index is 12.9. The van der Waals surface area contributed by atoms with Gasteiger partial charge in [0.2, 0.25) is 10.0 Å². The second-order valence-corrected chi connectivity index (χ2v) is 10.7. The third-order valence-electron chi connectivity index (χ3n) is 5.49. The average molecular weight is 470 g/mol. The van der Waals surface area contributed by atoms with Gasteiger partial charge in [-0.05, 0) is 47.7 Å². The number of furan rings is 1. The summed E-state index contributed by atoms with van der Waals surface area (Å²) >= 11 is 0. The number of nitrogens with one attached hydrogen (secondary N) is 1.